The molecule has 0 bridgehead atoms. The zero-order valence-electron chi connectivity index (χ0n) is 9.53. The first kappa shape index (κ1) is 11.8. The average molecular weight is 246 g/mol. The Morgan fingerprint density at radius 2 is 2.28 bits per heavy atom. The fraction of sp³-hybridized carbons (Fsp3) is 0.0833. The molecule has 0 saturated heterocycles. The second-order valence-electron chi connectivity index (χ2n) is 3.49. The Morgan fingerprint density at radius 3 is 2.94 bits per heavy atom. The van der Waals surface area contributed by atoms with Crippen LogP contribution >= 0.6 is 0 Å². The average Bonchev–Trinajstić information content (AvgIpc) is 2.37. The van der Waals surface area contributed by atoms with Crippen LogP contribution in [0.3, 0.4) is 0 Å². The van der Waals surface area contributed by atoms with Gasteiger partial charge in [0.15, 0.2) is 0 Å². The Bertz CT molecular complexity index is 688. The third-order valence-electron chi connectivity index (χ3n) is 2.37. The maximum atomic E-state index is 12.0. The van der Waals surface area contributed by atoms with Crippen LogP contribution < -0.4 is 10.3 Å². The van der Waals surface area contributed by atoms with E-state index in [2.05, 4.69) is 4.98 Å². The van der Waals surface area contributed by atoms with E-state index in [-0.39, 0.29) is 5.56 Å². The number of carboxylic acids is 1. The summed E-state index contributed by atoms with van der Waals surface area (Å²) in [6, 6.07) is 4.93. The molecular weight excluding hydrogens is 236 g/mol. The molecule has 0 unspecified atom stereocenters. The molecular formula is C12H10N2O4. The molecule has 0 aliphatic carbocycles. The van der Waals surface area contributed by atoms with Gasteiger partial charge >= 0.3 is 5.97 Å². The van der Waals surface area contributed by atoms with Gasteiger partial charge in [-0.25, -0.2) is 9.78 Å². The number of nitrogens with zero attached hydrogens (tertiary/aromatic N) is 2. The Labute approximate surface area is 102 Å². The summed E-state index contributed by atoms with van der Waals surface area (Å²) in [5.74, 6) is -0.589. The van der Waals surface area contributed by atoms with Gasteiger partial charge < -0.3 is 9.84 Å². The lowest BCUT2D eigenvalue weighted by Gasteiger charge is -2.03. The Hall–Kier alpha value is -2.63. The summed E-state index contributed by atoms with van der Waals surface area (Å²) in [7, 11) is 1.50. The second-order valence-corrected chi connectivity index (χ2v) is 3.49. The van der Waals surface area contributed by atoms with Gasteiger partial charge in [-0.05, 0) is 18.2 Å². The highest BCUT2D eigenvalue weighted by Gasteiger charge is 2.04. The number of hydrogen-bond donors (Lipinski definition) is 1. The van der Waals surface area contributed by atoms with Crippen LogP contribution in [0.1, 0.15) is 0 Å². The first-order valence-electron chi connectivity index (χ1n) is 5.08. The van der Waals surface area contributed by atoms with Gasteiger partial charge in [-0.15, -0.1) is 0 Å². The molecule has 0 amide bonds. The maximum absolute atomic E-state index is 12.0. The predicted octanol–water partition coefficient (Wildman–Crippen LogP) is 0.960. The van der Waals surface area contributed by atoms with E-state index in [4.69, 9.17) is 9.84 Å². The Balaban J connectivity index is 2.62. The molecule has 1 aromatic heterocycles. The lowest BCUT2D eigenvalue weighted by Crippen LogP contribution is -2.16. The lowest BCUT2D eigenvalue weighted by molar-refractivity contribution is -0.131. The predicted molar refractivity (Wildman–Crippen MR) is 65.5 cm³/mol. The zero-order chi connectivity index (χ0) is 13.1. The molecule has 1 N–H and O–H groups in total. The number of benzene rings is 1. The summed E-state index contributed by atoms with van der Waals surface area (Å²) in [6.07, 6.45) is 3.29. The molecule has 6 nitrogen and oxygen atoms in total. The number of fused-ring (bicyclic) bond motifs is 1. The molecule has 1 heterocycles. The van der Waals surface area contributed by atoms with Crippen molar-refractivity contribution in [3.05, 3.63) is 41.0 Å². The monoisotopic (exact) mass is 246 g/mol. The molecule has 0 spiro atoms. The molecule has 1 aromatic carbocycles. The minimum atomic E-state index is -1.13. The van der Waals surface area contributed by atoms with Gasteiger partial charge in [0.25, 0.3) is 5.56 Å². The van der Waals surface area contributed by atoms with Crippen LogP contribution in [0.25, 0.3) is 17.1 Å². The topological polar surface area (TPSA) is 81.4 Å². The number of rotatable bonds is 3. The summed E-state index contributed by atoms with van der Waals surface area (Å²) in [4.78, 5) is 26.5. The number of ether oxygens (including phenoxy) is 1. The molecule has 0 fully saturated rings. The van der Waals surface area contributed by atoms with Crippen molar-refractivity contribution in [2.45, 2.75) is 0 Å². The molecule has 92 valence electrons. The highest BCUT2D eigenvalue weighted by Crippen LogP contribution is 2.15. The highest BCUT2D eigenvalue weighted by atomic mass is 16.5. The van der Waals surface area contributed by atoms with E-state index in [9.17, 15) is 9.59 Å². The summed E-state index contributed by atoms with van der Waals surface area (Å²) >= 11 is 0. The molecule has 0 aliphatic heterocycles. The Morgan fingerprint density at radius 1 is 1.50 bits per heavy atom. The standard InChI is InChI=1S/C12H10N2O4/c1-18-8-2-3-10-9(6-8)12(17)14(7-13-10)5-4-11(15)16/h2-7H,1H3,(H,15,16)/b5-4+. The Kier molecular flexibility index (Phi) is 3.09. The second kappa shape index (κ2) is 4.70. The summed E-state index contributed by atoms with van der Waals surface area (Å²) in [5.41, 5.74) is 0.178. The third-order valence-corrected chi connectivity index (χ3v) is 2.37. The van der Waals surface area contributed by atoms with E-state index in [0.717, 1.165) is 16.8 Å². The van der Waals surface area contributed by atoms with E-state index in [1.807, 2.05) is 0 Å². The van der Waals surface area contributed by atoms with Crippen LogP contribution in [-0.4, -0.2) is 27.7 Å². The SMILES string of the molecule is COc1ccc2ncn(/C=C/C(=O)O)c(=O)c2c1. The van der Waals surface area contributed by atoms with Crippen LogP contribution in [0.15, 0.2) is 35.4 Å². The first-order chi connectivity index (χ1) is 8.61. The molecule has 2 rings (SSSR count). The fourth-order valence-corrected chi connectivity index (χ4v) is 1.49. The van der Waals surface area contributed by atoms with Crippen molar-refractivity contribution in [1.82, 2.24) is 9.55 Å². The van der Waals surface area contributed by atoms with E-state index < -0.39 is 5.97 Å². The van der Waals surface area contributed by atoms with Gasteiger partial charge in [-0.3, -0.25) is 9.36 Å². The summed E-state index contributed by atoms with van der Waals surface area (Å²) in [5, 5.41) is 8.89. The zero-order valence-corrected chi connectivity index (χ0v) is 9.53. The van der Waals surface area contributed by atoms with Gasteiger partial charge in [0.2, 0.25) is 0 Å². The van der Waals surface area contributed by atoms with Crippen molar-refractivity contribution in [1.29, 1.82) is 0 Å². The first-order valence-corrected chi connectivity index (χ1v) is 5.08. The van der Waals surface area contributed by atoms with Crippen molar-refractivity contribution in [2.24, 2.45) is 0 Å². The van der Waals surface area contributed by atoms with E-state index in [1.165, 1.54) is 13.4 Å². The molecule has 0 radical (unpaired) electrons. The van der Waals surface area contributed by atoms with Crippen LogP contribution in [0.2, 0.25) is 0 Å². The largest absolute Gasteiger partial charge is 0.497 e. The van der Waals surface area contributed by atoms with Crippen molar-refractivity contribution in [3.63, 3.8) is 0 Å². The maximum Gasteiger partial charge on any atom is 0.329 e. The number of carboxylic acid groups (broad SMARTS) is 1. The van der Waals surface area contributed by atoms with Gasteiger partial charge in [0, 0.05) is 12.3 Å². The molecule has 2 aromatic rings. The normalized spacial score (nSPS) is 10.9. The number of hydrogen-bond acceptors (Lipinski definition) is 4. The third kappa shape index (κ3) is 2.22. The van der Waals surface area contributed by atoms with Crippen LogP contribution in [0.5, 0.6) is 5.75 Å². The van der Waals surface area contributed by atoms with Crippen LogP contribution in [-0.2, 0) is 4.79 Å². The van der Waals surface area contributed by atoms with E-state index in [0.29, 0.717) is 16.7 Å². The van der Waals surface area contributed by atoms with E-state index in [1.54, 1.807) is 18.2 Å². The van der Waals surface area contributed by atoms with Crippen molar-refractivity contribution >= 4 is 23.1 Å². The number of aromatic nitrogens is 2. The van der Waals surface area contributed by atoms with Crippen LogP contribution in [0.4, 0.5) is 0 Å². The van der Waals surface area contributed by atoms with Crippen molar-refractivity contribution < 1.29 is 14.6 Å². The quantitative estimate of drug-likeness (QED) is 0.816. The fourth-order valence-electron chi connectivity index (χ4n) is 1.49. The molecule has 18 heavy (non-hydrogen) atoms. The number of aliphatic carboxylic acids is 1. The van der Waals surface area contributed by atoms with Crippen molar-refractivity contribution in [2.75, 3.05) is 7.11 Å². The van der Waals surface area contributed by atoms with Crippen molar-refractivity contribution in [3.8, 4) is 5.75 Å². The van der Waals surface area contributed by atoms with Gasteiger partial charge in [0.1, 0.15) is 12.1 Å². The van der Waals surface area contributed by atoms with Crippen LogP contribution in [0, 0.1) is 0 Å². The minimum Gasteiger partial charge on any atom is -0.497 e. The number of carbonyl (C=O) groups is 1. The summed E-state index contributed by atoms with van der Waals surface area (Å²) < 4.78 is 6.13. The van der Waals surface area contributed by atoms with Gasteiger partial charge in [0.05, 0.1) is 18.0 Å². The summed E-state index contributed by atoms with van der Waals surface area (Å²) in [6.45, 7) is 0. The van der Waals surface area contributed by atoms with Gasteiger partial charge in [-0.1, -0.05) is 0 Å². The number of methoxy groups -OCH3 is 1. The van der Waals surface area contributed by atoms with E-state index >= 15 is 0 Å². The van der Waals surface area contributed by atoms with Gasteiger partial charge in [-0.2, -0.15) is 0 Å². The molecule has 6 heteroatoms. The highest BCUT2D eigenvalue weighted by molar-refractivity contribution is 5.83. The lowest BCUT2D eigenvalue weighted by atomic mass is 10.2. The molecule has 0 saturated carbocycles. The molecule has 0 aliphatic rings. The minimum absolute atomic E-state index is 0.351. The molecule has 0 atom stereocenters. The smallest absolute Gasteiger partial charge is 0.329 e.